The number of aromatic nitrogens is 4. The maximum absolute atomic E-state index is 9.21. The molecule has 0 aliphatic heterocycles. The Kier molecular flexibility index (Phi) is 4.79. The molecular weight excluding hydrogens is 386 g/mol. The van der Waals surface area contributed by atoms with Crippen molar-refractivity contribution in [3.8, 4) is 28.8 Å². The fraction of sp³-hybridized carbons (Fsp3) is 0.240. The van der Waals surface area contributed by atoms with Crippen LogP contribution in [0.4, 0.5) is 0 Å². The van der Waals surface area contributed by atoms with Gasteiger partial charge in [-0.25, -0.2) is 9.67 Å². The summed E-state index contributed by atoms with van der Waals surface area (Å²) in [7, 11) is 1.68. The first-order valence-corrected chi connectivity index (χ1v) is 10.5. The average Bonchev–Trinajstić information content (AvgIpc) is 3.52. The predicted octanol–water partition coefficient (Wildman–Crippen LogP) is 4.52. The first-order valence-electron chi connectivity index (χ1n) is 10.5. The van der Waals surface area contributed by atoms with Gasteiger partial charge in [0, 0.05) is 42.4 Å². The van der Waals surface area contributed by atoms with Gasteiger partial charge in [0.15, 0.2) is 0 Å². The van der Waals surface area contributed by atoms with E-state index < -0.39 is 0 Å². The van der Waals surface area contributed by atoms with E-state index in [1.807, 2.05) is 59.4 Å². The van der Waals surface area contributed by atoms with Gasteiger partial charge in [-0.2, -0.15) is 10.4 Å². The number of rotatable bonds is 5. The molecule has 6 heteroatoms. The van der Waals surface area contributed by atoms with Crippen molar-refractivity contribution < 1.29 is 4.74 Å². The highest BCUT2D eigenvalue weighted by Crippen LogP contribution is 2.40. The predicted molar refractivity (Wildman–Crippen MR) is 118 cm³/mol. The summed E-state index contributed by atoms with van der Waals surface area (Å²) in [4.78, 5) is 4.50. The topological polar surface area (TPSA) is 68.7 Å². The van der Waals surface area contributed by atoms with Gasteiger partial charge in [0.2, 0.25) is 0 Å². The minimum atomic E-state index is 0.319. The number of fused-ring (bicyclic) bond motifs is 1. The quantitative estimate of drug-likeness (QED) is 0.486. The third kappa shape index (κ3) is 3.19. The summed E-state index contributed by atoms with van der Waals surface area (Å²) in [6, 6.07) is 18.2. The normalized spacial score (nSPS) is 14.9. The van der Waals surface area contributed by atoms with E-state index in [-0.39, 0.29) is 0 Å². The first kappa shape index (κ1) is 19.1. The van der Waals surface area contributed by atoms with Crippen LogP contribution in [-0.2, 0) is 19.3 Å². The summed E-state index contributed by atoms with van der Waals surface area (Å²) < 4.78 is 9.91. The van der Waals surface area contributed by atoms with Crippen LogP contribution in [0.5, 0.6) is 5.75 Å². The third-order valence-electron chi connectivity index (χ3n) is 5.99. The van der Waals surface area contributed by atoms with E-state index >= 15 is 0 Å². The van der Waals surface area contributed by atoms with Crippen LogP contribution in [0.1, 0.15) is 35.6 Å². The maximum atomic E-state index is 9.21. The van der Waals surface area contributed by atoms with E-state index in [1.165, 1.54) is 5.56 Å². The lowest BCUT2D eigenvalue weighted by molar-refractivity contribution is 0.411. The number of nitriles is 1. The molecule has 0 unspecified atom stereocenters. The van der Waals surface area contributed by atoms with Crippen molar-refractivity contribution in [2.45, 2.75) is 32.2 Å². The van der Waals surface area contributed by atoms with Crippen molar-refractivity contribution >= 4 is 0 Å². The first-order chi connectivity index (χ1) is 15.2. The average molecular weight is 409 g/mol. The molecule has 0 bridgehead atoms. The lowest BCUT2D eigenvalue weighted by atomic mass is 10.0. The van der Waals surface area contributed by atoms with E-state index in [0.717, 1.165) is 53.5 Å². The van der Waals surface area contributed by atoms with Crippen molar-refractivity contribution in [2.24, 2.45) is 0 Å². The number of aryl methyl sites for hydroxylation is 1. The van der Waals surface area contributed by atoms with Gasteiger partial charge in [0.25, 0.3) is 0 Å². The number of hydrogen-bond donors (Lipinski definition) is 0. The molecular formula is C25H23N5O. The fourth-order valence-electron chi connectivity index (χ4n) is 4.53. The zero-order chi connectivity index (χ0) is 21.4. The monoisotopic (exact) mass is 409 g/mol. The van der Waals surface area contributed by atoms with E-state index in [1.54, 1.807) is 7.11 Å². The summed E-state index contributed by atoms with van der Waals surface area (Å²) in [5.74, 6) is 1.88. The third-order valence-corrected chi connectivity index (χ3v) is 5.99. The molecule has 0 amide bonds. The van der Waals surface area contributed by atoms with Crippen LogP contribution in [0.3, 0.4) is 0 Å². The summed E-state index contributed by atoms with van der Waals surface area (Å²) in [5, 5.41) is 14.3. The molecule has 2 aromatic carbocycles. The standard InChI is InChI=1S/C25H23N5O/c1-3-24-27-12-13-29(24)19-14-20-21(15-19)28-30(22-6-4-5-7-23(22)31-2)25(20)18-10-8-17(16-26)9-11-18/h4-13,19H,3,14-15H2,1-2H3/t19-/m0/s1. The Bertz CT molecular complexity index is 1280. The molecule has 0 spiro atoms. The van der Waals surface area contributed by atoms with Gasteiger partial charge in [-0.05, 0) is 30.7 Å². The number of methoxy groups -OCH3 is 1. The summed E-state index contributed by atoms with van der Waals surface area (Å²) in [6.07, 6.45) is 6.62. The Hall–Kier alpha value is -3.85. The van der Waals surface area contributed by atoms with Gasteiger partial charge in [-0.15, -0.1) is 0 Å². The molecule has 0 saturated carbocycles. The number of hydrogen-bond acceptors (Lipinski definition) is 4. The van der Waals surface area contributed by atoms with Crippen molar-refractivity contribution in [1.82, 2.24) is 19.3 Å². The van der Waals surface area contributed by atoms with E-state index in [0.29, 0.717) is 11.6 Å². The zero-order valence-electron chi connectivity index (χ0n) is 17.6. The van der Waals surface area contributed by atoms with Gasteiger partial charge in [0.1, 0.15) is 17.3 Å². The van der Waals surface area contributed by atoms with E-state index in [9.17, 15) is 5.26 Å². The van der Waals surface area contributed by atoms with Crippen molar-refractivity contribution in [3.63, 3.8) is 0 Å². The Morgan fingerprint density at radius 2 is 1.94 bits per heavy atom. The Labute approximate surface area is 181 Å². The molecule has 1 aliphatic carbocycles. The molecule has 0 N–H and O–H groups in total. The number of para-hydroxylation sites is 2. The smallest absolute Gasteiger partial charge is 0.144 e. The Morgan fingerprint density at radius 1 is 1.13 bits per heavy atom. The second-order valence-corrected chi connectivity index (χ2v) is 7.71. The second kappa shape index (κ2) is 7.77. The molecule has 2 heterocycles. The van der Waals surface area contributed by atoms with Gasteiger partial charge in [0.05, 0.1) is 30.1 Å². The molecule has 0 fully saturated rings. The zero-order valence-corrected chi connectivity index (χ0v) is 17.6. The fourth-order valence-corrected chi connectivity index (χ4v) is 4.53. The number of ether oxygens (including phenoxy) is 1. The Balaban J connectivity index is 1.65. The van der Waals surface area contributed by atoms with Crippen molar-refractivity contribution in [1.29, 1.82) is 5.26 Å². The molecule has 1 atom stereocenters. The molecule has 6 nitrogen and oxygen atoms in total. The van der Waals surface area contributed by atoms with Crippen LogP contribution < -0.4 is 4.74 Å². The number of nitrogens with zero attached hydrogens (tertiary/aromatic N) is 5. The van der Waals surface area contributed by atoms with Crippen LogP contribution in [0.2, 0.25) is 0 Å². The van der Waals surface area contributed by atoms with Crippen LogP contribution in [0.25, 0.3) is 16.9 Å². The molecule has 2 aromatic heterocycles. The highest BCUT2D eigenvalue weighted by Gasteiger charge is 2.32. The summed E-state index contributed by atoms with van der Waals surface area (Å²) in [5.41, 5.74) is 6.01. The SMILES string of the molecule is CCc1nccn1[C@@H]1Cc2nn(-c3ccccc3OC)c(-c3ccc(C#N)cc3)c2C1. The van der Waals surface area contributed by atoms with Crippen LogP contribution in [0.15, 0.2) is 60.9 Å². The van der Waals surface area contributed by atoms with Crippen LogP contribution >= 0.6 is 0 Å². The molecule has 4 aromatic rings. The second-order valence-electron chi connectivity index (χ2n) is 7.71. The summed E-state index contributed by atoms with van der Waals surface area (Å²) in [6.45, 7) is 2.14. The van der Waals surface area contributed by atoms with Gasteiger partial charge in [-0.3, -0.25) is 0 Å². The number of imidazole rings is 1. The van der Waals surface area contributed by atoms with E-state index in [4.69, 9.17) is 9.84 Å². The minimum Gasteiger partial charge on any atom is -0.494 e. The molecule has 1 aliphatic rings. The molecule has 0 saturated heterocycles. The maximum Gasteiger partial charge on any atom is 0.144 e. The molecule has 0 radical (unpaired) electrons. The molecule has 5 rings (SSSR count). The van der Waals surface area contributed by atoms with Crippen molar-refractivity contribution in [2.75, 3.05) is 7.11 Å². The van der Waals surface area contributed by atoms with Crippen molar-refractivity contribution in [3.05, 3.63) is 83.6 Å². The highest BCUT2D eigenvalue weighted by atomic mass is 16.5. The van der Waals surface area contributed by atoms with Crippen LogP contribution in [0, 0.1) is 11.3 Å². The van der Waals surface area contributed by atoms with Crippen LogP contribution in [-0.4, -0.2) is 26.4 Å². The highest BCUT2D eigenvalue weighted by molar-refractivity contribution is 5.70. The molecule has 154 valence electrons. The summed E-state index contributed by atoms with van der Waals surface area (Å²) >= 11 is 0. The van der Waals surface area contributed by atoms with Gasteiger partial charge < -0.3 is 9.30 Å². The lowest BCUT2D eigenvalue weighted by Crippen LogP contribution is -2.13. The van der Waals surface area contributed by atoms with E-state index in [2.05, 4.69) is 28.7 Å². The lowest BCUT2D eigenvalue weighted by Gasteiger charge is -2.17. The van der Waals surface area contributed by atoms with Gasteiger partial charge >= 0.3 is 0 Å². The molecule has 31 heavy (non-hydrogen) atoms. The van der Waals surface area contributed by atoms with Gasteiger partial charge in [-0.1, -0.05) is 31.2 Å². The number of benzene rings is 2. The minimum absolute atomic E-state index is 0.319. The Morgan fingerprint density at radius 3 is 2.68 bits per heavy atom. The largest absolute Gasteiger partial charge is 0.494 e.